The molecular formula is C14H18O5S. The van der Waals surface area contributed by atoms with Crippen molar-refractivity contribution in [1.29, 1.82) is 0 Å². The second kappa shape index (κ2) is 4.77. The summed E-state index contributed by atoms with van der Waals surface area (Å²) in [5, 5.41) is 0. The van der Waals surface area contributed by atoms with Crippen LogP contribution in [0.2, 0.25) is 0 Å². The van der Waals surface area contributed by atoms with Gasteiger partial charge in [0, 0.05) is 5.56 Å². The first-order valence-electron chi connectivity index (χ1n) is 6.32. The number of carbonyl (C=O) groups is 1. The molecule has 1 aliphatic rings. The van der Waals surface area contributed by atoms with Crippen LogP contribution in [0.15, 0.2) is 17.0 Å². The van der Waals surface area contributed by atoms with E-state index in [9.17, 15) is 13.2 Å². The summed E-state index contributed by atoms with van der Waals surface area (Å²) in [5.41, 5.74) is 1.02. The largest absolute Gasteiger partial charge is 0.513 e. The Hall–Kier alpha value is -1.56. The van der Waals surface area contributed by atoms with Gasteiger partial charge in [-0.3, -0.25) is 0 Å². The molecule has 2 rings (SSSR count). The quantitative estimate of drug-likeness (QED) is 0.589. The van der Waals surface area contributed by atoms with Gasteiger partial charge in [0.2, 0.25) is 0 Å². The van der Waals surface area contributed by atoms with E-state index in [1.54, 1.807) is 19.1 Å². The number of ether oxygens (including phenoxy) is 2. The Labute approximate surface area is 118 Å². The Morgan fingerprint density at radius 1 is 1.30 bits per heavy atom. The molecule has 0 unspecified atom stereocenters. The Morgan fingerprint density at radius 3 is 2.55 bits per heavy atom. The maximum absolute atomic E-state index is 12.3. The van der Waals surface area contributed by atoms with Crippen LogP contribution in [0.25, 0.3) is 0 Å². The molecule has 0 atom stereocenters. The van der Waals surface area contributed by atoms with Gasteiger partial charge in [0.05, 0.1) is 17.8 Å². The fourth-order valence-corrected chi connectivity index (χ4v) is 4.71. The minimum absolute atomic E-state index is 0.107. The van der Waals surface area contributed by atoms with Crippen LogP contribution in [0.4, 0.5) is 4.79 Å². The first-order chi connectivity index (χ1) is 9.19. The predicted molar refractivity (Wildman–Crippen MR) is 73.9 cm³/mol. The lowest BCUT2D eigenvalue weighted by molar-refractivity contribution is 0.121. The van der Waals surface area contributed by atoms with E-state index < -0.39 is 16.0 Å². The summed E-state index contributed by atoms with van der Waals surface area (Å²) >= 11 is 0. The molecule has 0 saturated carbocycles. The van der Waals surface area contributed by atoms with Gasteiger partial charge >= 0.3 is 6.16 Å². The third-order valence-electron chi connectivity index (χ3n) is 3.75. The second-order valence-corrected chi connectivity index (χ2v) is 7.62. The van der Waals surface area contributed by atoms with Gasteiger partial charge in [-0.05, 0) is 30.4 Å². The lowest BCUT2D eigenvalue weighted by Gasteiger charge is -2.33. The number of hydrogen-bond acceptors (Lipinski definition) is 5. The van der Waals surface area contributed by atoms with E-state index in [0.29, 0.717) is 12.0 Å². The monoisotopic (exact) mass is 298 g/mol. The van der Waals surface area contributed by atoms with Gasteiger partial charge in [-0.15, -0.1) is 0 Å². The van der Waals surface area contributed by atoms with Crippen LogP contribution >= 0.6 is 0 Å². The zero-order chi connectivity index (χ0) is 15.1. The summed E-state index contributed by atoms with van der Waals surface area (Å²) < 4.78 is 34.1. The highest BCUT2D eigenvalue weighted by Gasteiger charge is 2.37. The van der Waals surface area contributed by atoms with E-state index in [1.165, 1.54) is 7.11 Å². The third kappa shape index (κ3) is 2.40. The summed E-state index contributed by atoms with van der Waals surface area (Å²) in [4.78, 5) is 11.5. The molecule has 1 aliphatic heterocycles. The Balaban J connectivity index is 2.64. The maximum atomic E-state index is 12.3. The van der Waals surface area contributed by atoms with Crippen molar-refractivity contribution in [3.8, 4) is 5.75 Å². The summed E-state index contributed by atoms with van der Waals surface area (Å²) in [7, 11) is -2.14. The molecule has 20 heavy (non-hydrogen) atoms. The minimum Gasteiger partial charge on any atom is -0.437 e. The molecule has 0 spiro atoms. The van der Waals surface area contributed by atoms with Crippen molar-refractivity contribution in [1.82, 2.24) is 0 Å². The normalized spacial score (nSPS) is 19.0. The molecule has 0 saturated heterocycles. The van der Waals surface area contributed by atoms with Crippen LogP contribution in [-0.2, 0) is 20.0 Å². The highest BCUT2D eigenvalue weighted by Crippen LogP contribution is 2.42. The molecule has 0 N–H and O–H groups in total. The van der Waals surface area contributed by atoms with Crippen molar-refractivity contribution in [3.05, 3.63) is 23.3 Å². The maximum Gasteiger partial charge on any atom is 0.513 e. The van der Waals surface area contributed by atoms with Gasteiger partial charge < -0.3 is 9.47 Å². The minimum atomic E-state index is -3.34. The Kier molecular flexibility index (Phi) is 3.54. The SMILES string of the molecule is COC(=O)Oc1ccc2c(c1C)S(=O)(=O)CCC2(C)C. The molecule has 0 radical (unpaired) electrons. The molecule has 1 heterocycles. The van der Waals surface area contributed by atoms with E-state index in [-0.39, 0.29) is 21.8 Å². The van der Waals surface area contributed by atoms with Gasteiger partial charge in [0.25, 0.3) is 0 Å². The summed E-state index contributed by atoms with van der Waals surface area (Å²) in [6.07, 6.45) is -0.278. The van der Waals surface area contributed by atoms with Gasteiger partial charge in [-0.1, -0.05) is 19.9 Å². The fraction of sp³-hybridized carbons (Fsp3) is 0.500. The number of methoxy groups -OCH3 is 1. The molecule has 0 aliphatic carbocycles. The summed E-state index contributed by atoms with van der Waals surface area (Å²) in [6, 6.07) is 3.34. The van der Waals surface area contributed by atoms with Crippen LogP contribution in [0.1, 0.15) is 31.4 Å². The topological polar surface area (TPSA) is 69.7 Å². The highest BCUT2D eigenvalue weighted by atomic mass is 32.2. The molecular weight excluding hydrogens is 280 g/mol. The Morgan fingerprint density at radius 2 is 1.95 bits per heavy atom. The van der Waals surface area contributed by atoms with Crippen LogP contribution in [0, 0.1) is 6.92 Å². The van der Waals surface area contributed by atoms with Crippen LogP contribution in [0.3, 0.4) is 0 Å². The van der Waals surface area contributed by atoms with Crippen molar-refractivity contribution in [2.75, 3.05) is 12.9 Å². The lowest BCUT2D eigenvalue weighted by atomic mass is 9.81. The molecule has 0 aromatic heterocycles. The Bertz CT molecular complexity index is 658. The lowest BCUT2D eigenvalue weighted by Crippen LogP contribution is -2.31. The van der Waals surface area contributed by atoms with Crippen molar-refractivity contribution >= 4 is 16.0 Å². The third-order valence-corrected chi connectivity index (χ3v) is 5.64. The standard InChI is InChI=1S/C14H18O5S/c1-9-11(19-13(15)18-4)6-5-10-12(9)20(16,17)8-7-14(10,2)3/h5-6H,7-8H2,1-4H3. The molecule has 0 fully saturated rings. The molecule has 110 valence electrons. The fourth-order valence-electron chi connectivity index (χ4n) is 2.48. The number of benzene rings is 1. The molecule has 0 bridgehead atoms. The van der Waals surface area contributed by atoms with E-state index in [2.05, 4.69) is 4.74 Å². The summed E-state index contributed by atoms with van der Waals surface area (Å²) in [6.45, 7) is 5.68. The number of carbonyl (C=O) groups excluding carboxylic acids is 1. The zero-order valence-electron chi connectivity index (χ0n) is 12.0. The average Bonchev–Trinajstić information content (AvgIpc) is 2.37. The van der Waals surface area contributed by atoms with Crippen molar-refractivity contribution < 1.29 is 22.7 Å². The van der Waals surface area contributed by atoms with Gasteiger partial charge in [-0.2, -0.15) is 0 Å². The molecule has 0 amide bonds. The molecule has 1 aromatic carbocycles. The first kappa shape index (κ1) is 14.8. The van der Waals surface area contributed by atoms with Crippen LogP contribution in [-0.4, -0.2) is 27.4 Å². The van der Waals surface area contributed by atoms with E-state index in [4.69, 9.17) is 4.74 Å². The average molecular weight is 298 g/mol. The van der Waals surface area contributed by atoms with Crippen molar-refractivity contribution in [3.63, 3.8) is 0 Å². The predicted octanol–water partition coefficient (Wildman–Crippen LogP) is 2.60. The van der Waals surface area contributed by atoms with E-state index in [1.807, 2.05) is 13.8 Å². The number of sulfone groups is 1. The van der Waals surface area contributed by atoms with Gasteiger partial charge in [-0.25, -0.2) is 13.2 Å². The highest BCUT2D eigenvalue weighted by molar-refractivity contribution is 7.91. The molecule has 6 heteroatoms. The number of rotatable bonds is 1. The van der Waals surface area contributed by atoms with Crippen LogP contribution in [0.5, 0.6) is 5.75 Å². The van der Waals surface area contributed by atoms with Crippen molar-refractivity contribution in [2.24, 2.45) is 0 Å². The molecule has 1 aromatic rings. The van der Waals surface area contributed by atoms with Crippen LogP contribution < -0.4 is 4.74 Å². The number of hydrogen-bond donors (Lipinski definition) is 0. The smallest absolute Gasteiger partial charge is 0.437 e. The zero-order valence-corrected chi connectivity index (χ0v) is 12.8. The van der Waals surface area contributed by atoms with Gasteiger partial charge in [0.15, 0.2) is 9.84 Å². The second-order valence-electron chi connectivity index (χ2n) is 5.57. The summed E-state index contributed by atoms with van der Waals surface area (Å²) in [5.74, 6) is 0.326. The van der Waals surface area contributed by atoms with E-state index >= 15 is 0 Å². The van der Waals surface area contributed by atoms with E-state index in [0.717, 1.165) is 5.56 Å². The number of fused-ring (bicyclic) bond motifs is 1. The van der Waals surface area contributed by atoms with Crippen molar-refractivity contribution in [2.45, 2.75) is 37.5 Å². The van der Waals surface area contributed by atoms with Gasteiger partial charge in [0.1, 0.15) is 5.75 Å². The first-order valence-corrected chi connectivity index (χ1v) is 7.97. The molecule has 5 nitrogen and oxygen atoms in total.